The largest absolute Gasteiger partial charge is 0.465 e. The molecule has 0 unspecified atom stereocenters. The third-order valence-electron chi connectivity index (χ3n) is 4.47. The van der Waals surface area contributed by atoms with Crippen LogP contribution >= 0.6 is 0 Å². The van der Waals surface area contributed by atoms with E-state index in [1.807, 2.05) is 0 Å². The lowest BCUT2D eigenvalue weighted by Crippen LogP contribution is -2.22. The number of rotatable bonds is 8. The Kier molecular flexibility index (Phi) is 6.52. The molecule has 9 heteroatoms. The second-order valence-corrected chi connectivity index (χ2v) is 13.7. The van der Waals surface area contributed by atoms with Crippen molar-refractivity contribution in [2.45, 2.75) is 32.4 Å². The predicted molar refractivity (Wildman–Crippen MR) is 112 cm³/mol. The topological polar surface area (TPSA) is 62.6 Å². The van der Waals surface area contributed by atoms with Gasteiger partial charge >= 0.3 is 5.97 Å². The van der Waals surface area contributed by atoms with Gasteiger partial charge < -0.3 is 14.2 Å². The normalized spacial score (nSPS) is 11.7. The molecule has 0 aliphatic carbocycles. The third-order valence-corrected chi connectivity index (χ3v) is 6.17. The number of ether oxygens (including phenoxy) is 3. The molecular weight excluding hydrogens is 410 g/mol. The van der Waals surface area contributed by atoms with Gasteiger partial charge in [-0.2, -0.15) is 5.10 Å². The van der Waals surface area contributed by atoms with Crippen LogP contribution in [0.4, 0.5) is 8.78 Å². The van der Waals surface area contributed by atoms with E-state index in [9.17, 15) is 13.6 Å². The van der Waals surface area contributed by atoms with Gasteiger partial charge in [-0.25, -0.2) is 18.3 Å². The molecule has 0 atom stereocenters. The van der Waals surface area contributed by atoms with Gasteiger partial charge in [-0.15, -0.1) is 0 Å². The van der Waals surface area contributed by atoms with Crippen molar-refractivity contribution in [3.05, 3.63) is 53.7 Å². The average molecular weight is 435 g/mol. The van der Waals surface area contributed by atoms with Crippen LogP contribution in [0.5, 0.6) is 11.5 Å². The highest BCUT2D eigenvalue weighted by Crippen LogP contribution is 2.33. The monoisotopic (exact) mass is 434 g/mol. The molecule has 1 aromatic heterocycles. The van der Waals surface area contributed by atoms with Crippen LogP contribution < -0.4 is 4.74 Å². The summed E-state index contributed by atoms with van der Waals surface area (Å²) in [6.45, 7) is 7.54. The van der Waals surface area contributed by atoms with E-state index in [1.165, 1.54) is 30.1 Å². The first-order valence-electron chi connectivity index (χ1n) is 9.46. The predicted octanol–water partition coefficient (Wildman–Crippen LogP) is 5.21. The van der Waals surface area contributed by atoms with Gasteiger partial charge in [-0.1, -0.05) is 19.6 Å². The first kappa shape index (κ1) is 21.9. The van der Waals surface area contributed by atoms with E-state index in [4.69, 9.17) is 14.2 Å². The van der Waals surface area contributed by atoms with Crippen molar-refractivity contribution in [1.82, 2.24) is 9.78 Å². The summed E-state index contributed by atoms with van der Waals surface area (Å²) in [4.78, 5) is 12.0. The Morgan fingerprint density at radius 2 is 1.83 bits per heavy atom. The maximum absolute atomic E-state index is 14.3. The highest BCUT2D eigenvalue weighted by Gasteiger charge is 2.18. The van der Waals surface area contributed by atoms with E-state index in [0.29, 0.717) is 17.5 Å². The summed E-state index contributed by atoms with van der Waals surface area (Å²) >= 11 is 0. The number of aromatic nitrogens is 2. The maximum atomic E-state index is 14.3. The molecule has 0 radical (unpaired) electrons. The second-order valence-electron chi connectivity index (χ2n) is 8.06. The zero-order chi connectivity index (χ0) is 21.9. The summed E-state index contributed by atoms with van der Waals surface area (Å²) in [5, 5.41) is 4.76. The number of halogens is 2. The van der Waals surface area contributed by atoms with Gasteiger partial charge in [-0.05, 0) is 18.2 Å². The number of benzene rings is 2. The quantitative estimate of drug-likeness (QED) is 0.277. The van der Waals surface area contributed by atoms with Crippen molar-refractivity contribution in [3.63, 3.8) is 0 Å². The Labute approximate surface area is 174 Å². The van der Waals surface area contributed by atoms with Gasteiger partial charge in [0.2, 0.25) is 0 Å². The summed E-state index contributed by atoms with van der Waals surface area (Å²) in [5.74, 6) is -1.82. The van der Waals surface area contributed by atoms with E-state index in [2.05, 4.69) is 24.7 Å². The number of esters is 1. The van der Waals surface area contributed by atoms with E-state index >= 15 is 0 Å². The van der Waals surface area contributed by atoms with Crippen molar-refractivity contribution in [1.29, 1.82) is 0 Å². The van der Waals surface area contributed by atoms with Crippen LogP contribution in [0.3, 0.4) is 0 Å². The number of carbonyl (C=O) groups excluding carboxylic acids is 1. The van der Waals surface area contributed by atoms with Crippen molar-refractivity contribution in [2.75, 3.05) is 13.7 Å². The summed E-state index contributed by atoms with van der Waals surface area (Å²) in [7, 11) is -0.00945. The standard InChI is InChI=1S/C21H24F2N2O4Si/c1-27-21(26)16-6-5-14(22)10-19(16)29-20-11-15(23)9-18-17(20)12-24-25(18)13-28-7-8-30(2,3)4/h5-6,9-12H,7-8,13H2,1-4H3. The molecule has 0 spiro atoms. The lowest BCUT2D eigenvalue weighted by atomic mass is 10.2. The molecule has 160 valence electrons. The minimum absolute atomic E-state index is 0.0263. The molecule has 0 N–H and O–H groups in total. The zero-order valence-corrected chi connectivity index (χ0v) is 18.4. The fourth-order valence-electron chi connectivity index (χ4n) is 2.81. The van der Waals surface area contributed by atoms with Gasteiger partial charge in [0, 0.05) is 32.9 Å². The lowest BCUT2D eigenvalue weighted by molar-refractivity contribution is 0.0598. The van der Waals surface area contributed by atoms with E-state index in [0.717, 1.165) is 24.2 Å². The highest BCUT2D eigenvalue weighted by atomic mass is 28.3. The molecule has 2 aromatic carbocycles. The summed E-state index contributed by atoms with van der Waals surface area (Å²) in [5.41, 5.74) is 0.493. The summed E-state index contributed by atoms with van der Waals surface area (Å²) in [6.07, 6.45) is 1.52. The molecule has 0 fully saturated rings. The molecule has 6 nitrogen and oxygen atoms in total. The number of methoxy groups -OCH3 is 1. The number of fused-ring (bicyclic) bond motifs is 1. The van der Waals surface area contributed by atoms with Crippen molar-refractivity contribution in [2.24, 2.45) is 0 Å². The van der Waals surface area contributed by atoms with Crippen molar-refractivity contribution < 1.29 is 27.8 Å². The van der Waals surface area contributed by atoms with E-state index < -0.39 is 25.7 Å². The lowest BCUT2D eigenvalue weighted by Gasteiger charge is -2.15. The third kappa shape index (κ3) is 5.22. The van der Waals surface area contributed by atoms with E-state index in [1.54, 1.807) is 0 Å². The van der Waals surface area contributed by atoms with Crippen LogP contribution in [0, 0.1) is 11.6 Å². The molecule has 0 bridgehead atoms. The van der Waals surface area contributed by atoms with Gasteiger partial charge in [0.05, 0.1) is 24.2 Å². The molecule has 0 amide bonds. The number of nitrogens with zero attached hydrogens (tertiary/aromatic N) is 2. The van der Waals surface area contributed by atoms with Crippen LogP contribution in [0.2, 0.25) is 25.7 Å². The van der Waals surface area contributed by atoms with Gasteiger partial charge in [-0.3, -0.25) is 0 Å². The molecule has 30 heavy (non-hydrogen) atoms. The smallest absolute Gasteiger partial charge is 0.341 e. The second kappa shape index (κ2) is 8.93. The van der Waals surface area contributed by atoms with Crippen LogP contribution in [0.15, 0.2) is 36.5 Å². The van der Waals surface area contributed by atoms with Gasteiger partial charge in [0.1, 0.15) is 35.4 Å². The summed E-state index contributed by atoms with van der Waals surface area (Å²) < 4.78 is 45.7. The Bertz CT molecular complexity index is 1060. The molecule has 0 aliphatic heterocycles. The minimum Gasteiger partial charge on any atom is -0.465 e. The number of carbonyl (C=O) groups is 1. The molecule has 3 aromatic rings. The molecule has 1 heterocycles. The summed E-state index contributed by atoms with van der Waals surface area (Å²) in [6, 6.07) is 6.91. The Morgan fingerprint density at radius 3 is 2.53 bits per heavy atom. The van der Waals surface area contributed by atoms with Crippen LogP contribution in [0.25, 0.3) is 10.9 Å². The molecule has 0 saturated carbocycles. The number of hydrogen-bond donors (Lipinski definition) is 0. The Hall–Kier alpha value is -2.78. The van der Waals surface area contributed by atoms with Crippen LogP contribution in [0.1, 0.15) is 10.4 Å². The SMILES string of the molecule is COC(=O)c1ccc(F)cc1Oc1cc(F)cc2c1cnn2COCC[Si](C)(C)C. The first-order valence-corrected chi connectivity index (χ1v) is 13.2. The zero-order valence-electron chi connectivity index (χ0n) is 17.4. The van der Waals surface area contributed by atoms with Gasteiger partial charge in [0.25, 0.3) is 0 Å². The first-order chi connectivity index (χ1) is 14.2. The molecule has 0 aliphatic rings. The fraction of sp³-hybridized carbons (Fsp3) is 0.333. The highest BCUT2D eigenvalue weighted by molar-refractivity contribution is 6.76. The molecule has 0 saturated heterocycles. The van der Waals surface area contributed by atoms with Crippen LogP contribution in [-0.4, -0.2) is 37.5 Å². The van der Waals surface area contributed by atoms with Gasteiger partial charge in [0.15, 0.2) is 0 Å². The van der Waals surface area contributed by atoms with Crippen molar-refractivity contribution >= 4 is 24.9 Å². The Morgan fingerprint density at radius 1 is 1.10 bits per heavy atom. The average Bonchev–Trinajstić information content (AvgIpc) is 3.07. The minimum atomic E-state index is -1.22. The Balaban J connectivity index is 1.89. The van der Waals surface area contributed by atoms with Crippen molar-refractivity contribution in [3.8, 4) is 11.5 Å². The van der Waals surface area contributed by atoms with Crippen LogP contribution in [-0.2, 0) is 16.2 Å². The fourth-order valence-corrected chi connectivity index (χ4v) is 3.56. The molecule has 3 rings (SSSR count). The molecular formula is C21H24F2N2O4Si. The maximum Gasteiger partial charge on any atom is 0.341 e. The van der Waals surface area contributed by atoms with E-state index in [-0.39, 0.29) is 23.8 Å². The number of hydrogen-bond acceptors (Lipinski definition) is 5.